The highest BCUT2D eigenvalue weighted by Gasteiger charge is 2.30. The van der Waals surface area contributed by atoms with E-state index in [2.05, 4.69) is 0 Å². The molecule has 5 heteroatoms. The summed E-state index contributed by atoms with van der Waals surface area (Å²) in [6.07, 6.45) is -0.197. The largest absolute Gasteiger partial charge is 0.449 e. The Morgan fingerprint density at radius 1 is 0.871 bits per heavy atom. The van der Waals surface area contributed by atoms with E-state index in [4.69, 9.17) is 4.74 Å². The normalized spacial score (nSPS) is 13.4. The van der Waals surface area contributed by atoms with Crippen LogP contribution in [0.3, 0.4) is 0 Å². The Labute approximate surface area is 181 Å². The van der Waals surface area contributed by atoms with E-state index in [9.17, 15) is 14.4 Å². The van der Waals surface area contributed by atoms with E-state index in [1.165, 1.54) is 0 Å². The summed E-state index contributed by atoms with van der Waals surface area (Å²) in [6, 6.07) is 21.4. The molecule has 3 aromatic carbocycles. The van der Waals surface area contributed by atoms with Gasteiger partial charge in [0.05, 0.1) is 5.56 Å². The van der Waals surface area contributed by atoms with Gasteiger partial charge in [0.1, 0.15) is 0 Å². The lowest BCUT2D eigenvalue weighted by Gasteiger charge is -2.22. The van der Waals surface area contributed by atoms with Crippen molar-refractivity contribution < 1.29 is 19.1 Å². The van der Waals surface area contributed by atoms with Crippen LogP contribution in [0.5, 0.6) is 0 Å². The molecule has 156 valence electrons. The van der Waals surface area contributed by atoms with Gasteiger partial charge in [0.25, 0.3) is 5.91 Å². The predicted octanol–water partition coefficient (Wildman–Crippen LogP) is 4.36. The van der Waals surface area contributed by atoms with Crippen LogP contribution in [-0.2, 0) is 16.0 Å². The molecular formula is C26H23NO4. The fourth-order valence-electron chi connectivity index (χ4n) is 3.78. The standard InChI is InChI=1S/C26H23NO4/c1-17-11-13-20(14-12-17)24(28)21-8-4-5-9-22(21)26(30)31-18(2)25(29)27-16-15-19-7-3-6-10-23(19)27/h3-14,18H,15-16H2,1-2H3/t18-/m1/s1. The molecule has 1 aliphatic rings. The molecule has 1 aliphatic heterocycles. The lowest BCUT2D eigenvalue weighted by atomic mass is 9.98. The van der Waals surface area contributed by atoms with Crippen molar-refractivity contribution >= 4 is 23.3 Å². The van der Waals surface area contributed by atoms with E-state index < -0.39 is 12.1 Å². The third-order valence-corrected chi connectivity index (χ3v) is 5.49. The molecule has 0 unspecified atom stereocenters. The fourth-order valence-corrected chi connectivity index (χ4v) is 3.78. The highest BCUT2D eigenvalue weighted by Crippen LogP contribution is 2.28. The van der Waals surface area contributed by atoms with Crippen molar-refractivity contribution in [2.24, 2.45) is 0 Å². The summed E-state index contributed by atoms with van der Waals surface area (Å²) in [5.41, 5.74) is 3.88. The molecule has 31 heavy (non-hydrogen) atoms. The van der Waals surface area contributed by atoms with Crippen LogP contribution in [-0.4, -0.2) is 30.3 Å². The number of anilines is 1. The molecule has 1 atom stereocenters. The molecule has 0 radical (unpaired) electrons. The first kappa shape index (κ1) is 20.5. The van der Waals surface area contributed by atoms with E-state index >= 15 is 0 Å². The SMILES string of the molecule is Cc1ccc(C(=O)c2ccccc2C(=O)O[C@H](C)C(=O)N2CCc3ccccc32)cc1. The summed E-state index contributed by atoms with van der Waals surface area (Å²) in [5.74, 6) is -1.23. The van der Waals surface area contributed by atoms with Crippen molar-refractivity contribution in [3.63, 3.8) is 0 Å². The van der Waals surface area contributed by atoms with Gasteiger partial charge in [-0.2, -0.15) is 0 Å². The van der Waals surface area contributed by atoms with E-state index in [1.54, 1.807) is 48.2 Å². The monoisotopic (exact) mass is 413 g/mol. The number of ether oxygens (including phenoxy) is 1. The Kier molecular flexibility index (Phi) is 5.67. The zero-order valence-electron chi connectivity index (χ0n) is 17.5. The van der Waals surface area contributed by atoms with Gasteiger partial charge in [-0.05, 0) is 38.0 Å². The van der Waals surface area contributed by atoms with Gasteiger partial charge in [-0.1, -0.05) is 66.2 Å². The van der Waals surface area contributed by atoms with Crippen LogP contribution in [0.15, 0.2) is 72.8 Å². The maximum absolute atomic E-state index is 13.0. The average Bonchev–Trinajstić information content (AvgIpc) is 3.22. The number of carbonyl (C=O) groups is 3. The number of rotatable bonds is 5. The van der Waals surface area contributed by atoms with Crippen molar-refractivity contribution in [2.75, 3.05) is 11.4 Å². The summed E-state index contributed by atoms with van der Waals surface area (Å²) in [4.78, 5) is 40.4. The first-order valence-electron chi connectivity index (χ1n) is 10.3. The quantitative estimate of drug-likeness (QED) is 0.461. The van der Waals surface area contributed by atoms with E-state index in [1.807, 2.05) is 43.3 Å². The van der Waals surface area contributed by atoms with Crippen LogP contribution < -0.4 is 4.90 Å². The van der Waals surface area contributed by atoms with Gasteiger partial charge in [0.2, 0.25) is 0 Å². The fraction of sp³-hybridized carbons (Fsp3) is 0.192. The minimum Gasteiger partial charge on any atom is -0.449 e. The van der Waals surface area contributed by atoms with Crippen molar-refractivity contribution in [3.8, 4) is 0 Å². The summed E-state index contributed by atoms with van der Waals surface area (Å²) >= 11 is 0. The number of benzene rings is 3. The van der Waals surface area contributed by atoms with E-state index in [0.717, 1.165) is 23.2 Å². The molecule has 0 aliphatic carbocycles. The summed E-state index contributed by atoms with van der Waals surface area (Å²) in [6.45, 7) is 4.06. The molecule has 5 nitrogen and oxygen atoms in total. The van der Waals surface area contributed by atoms with Crippen LogP contribution >= 0.6 is 0 Å². The second-order valence-corrected chi connectivity index (χ2v) is 7.66. The highest BCUT2D eigenvalue weighted by molar-refractivity contribution is 6.14. The number of aryl methyl sites for hydroxylation is 1. The molecule has 0 saturated heterocycles. The number of carbonyl (C=O) groups excluding carboxylic acids is 3. The average molecular weight is 413 g/mol. The molecule has 4 rings (SSSR count). The molecule has 1 heterocycles. The highest BCUT2D eigenvalue weighted by atomic mass is 16.5. The van der Waals surface area contributed by atoms with Gasteiger partial charge in [0.15, 0.2) is 11.9 Å². The van der Waals surface area contributed by atoms with Gasteiger partial charge in [0, 0.05) is 23.4 Å². The molecule has 0 bridgehead atoms. The lowest BCUT2D eigenvalue weighted by Crippen LogP contribution is -2.39. The Balaban J connectivity index is 1.52. The number of nitrogens with zero attached hydrogens (tertiary/aromatic N) is 1. The van der Waals surface area contributed by atoms with Crippen LogP contribution in [0.2, 0.25) is 0 Å². The van der Waals surface area contributed by atoms with Crippen molar-refractivity contribution in [2.45, 2.75) is 26.4 Å². The van der Waals surface area contributed by atoms with Gasteiger partial charge in [-0.25, -0.2) is 4.79 Å². The van der Waals surface area contributed by atoms with Crippen LogP contribution in [0.1, 0.15) is 44.3 Å². The third kappa shape index (κ3) is 4.12. The smallest absolute Gasteiger partial charge is 0.339 e. The number of fused-ring (bicyclic) bond motifs is 1. The molecular weight excluding hydrogens is 390 g/mol. The maximum atomic E-state index is 13.0. The second-order valence-electron chi connectivity index (χ2n) is 7.66. The number of amides is 1. The first-order chi connectivity index (χ1) is 15.0. The molecule has 0 spiro atoms. The Morgan fingerprint density at radius 2 is 1.52 bits per heavy atom. The minimum atomic E-state index is -0.971. The van der Waals surface area contributed by atoms with Crippen molar-refractivity contribution in [1.82, 2.24) is 0 Å². The van der Waals surface area contributed by atoms with Gasteiger partial charge < -0.3 is 9.64 Å². The molecule has 3 aromatic rings. The number of para-hydroxylation sites is 1. The summed E-state index contributed by atoms with van der Waals surface area (Å²) in [5, 5.41) is 0. The Hall–Kier alpha value is -3.73. The number of esters is 1. The van der Waals surface area contributed by atoms with Gasteiger partial charge in [-0.15, -0.1) is 0 Å². The molecule has 0 saturated carbocycles. The Bertz CT molecular complexity index is 1150. The maximum Gasteiger partial charge on any atom is 0.339 e. The van der Waals surface area contributed by atoms with Crippen molar-refractivity contribution in [3.05, 3.63) is 101 Å². The van der Waals surface area contributed by atoms with E-state index in [-0.39, 0.29) is 22.8 Å². The number of hydrogen-bond acceptors (Lipinski definition) is 4. The molecule has 1 amide bonds. The minimum absolute atomic E-state index is 0.148. The van der Waals surface area contributed by atoms with Crippen LogP contribution in [0, 0.1) is 6.92 Å². The molecule has 0 aromatic heterocycles. The zero-order valence-corrected chi connectivity index (χ0v) is 17.5. The first-order valence-corrected chi connectivity index (χ1v) is 10.3. The third-order valence-electron chi connectivity index (χ3n) is 5.49. The summed E-state index contributed by atoms with van der Waals surface area (Å²) in [7, 11) is 0. The van der Waals surface area contributed by atoms with E-state index in [0.29, 0.717) is 12.1 Å². The van der Waals surface area contributed by atoms with Crippen LogP contribution in [0.25, 0.3) is 0 Å². The van der Waals surface area contributed by atoms with Crippen molar-refractivity contribution in [1.29, 1.82) is 0 Å². The zero-order chi connectivity index (χ0) is 22.0. The molecule has 0 fully saturated rings. The second kappa shape index (κ2) is 8.56. The van der Waals surface area contributed by atoms with Gasteiger partial charge >= 0.3 is 5.97 Å². The van der Waals surface area contributed by atoms with Crippen LogP contribution in [0.4, 0.5) is 5.69 Å². The van der Waals surface area contributed by atoms with Gasteiger partial charge in [-0.3, -0.25) is 9.59 Å². The number of hydrogen-bond donors (Lipinski definition) is 0. The Morgan fingerprint density at radius 3 is 2.26 bits per heavy atom. The summed E-state index contributed by atoms with van der Waals surface area (Å²) < 4.78 is 5.49. The topological polar surface area (TPSA) is 63.7 Å². The predicted molar refractivity (Wildman–Crippen MR) is 118 cm³/mol. The number of ketones is 1. The lowest BCUT2D eigenvalue weighted by molar-refractivity contribution is -0.126. The molecule has 0 N–H and O–H groups in total.